The summed E-state index contributed by atoms with van der Waals surface area (Å²) in [5, 5.41) is 9.58. The molecule has 25 heavy (non-hydrogen) atoms. The molecule has 2 heterocycles. The van der Waals surface area contributed by atoms with E-state index in [9.17, 15) is 4.79 Å². The van der Waals surface area contributed by atoms with Gasteiger partial charge in [-0.2, -0.15) is 0 Å². The molecule has 0 aliphatic heterocycles. The number of benzene rings is 1. The van der Waals surface area contributed by atoms with E-state index in [0.29, 0.717) is 23.3 Å². The number of aromatic nitrogens is 2. The average molecular weight is 395 g/mol. The van der Waals surface area contributed by atoms with Gasteiger partial charge < -0.3 is 9.73 Å². The van der Waals surface area contributed by atoms with E-state index in [4.69, 9.17) is 28.2 Å². The number of hydrogen-bond acceptors (Lipinski definition) is 6. The minimum absolute atomic E-state index is 0.161. The lowest BCUT2D eigenvalue weighted by Crippen LogP contribution is -2.32. The van der Waals surface area contributed by atoms with Gasteiger partial charge in [-0.05, 0) is 42.8 Å². The van der Waals surface area contributed by atoms with E-state index < -0.39 is 0 Å². The van der Waals surface area contributed by atoms with Crippen LogP contribution in [-0.2, 0) is 11.5 Å². The van der Waals surface area contributed by atoms with Crippen molar-refractivity contribution in [2.45, 2.75) is 6.67 Å². The van der Waals surface area contributed by atoms with Crippen molar-refractivity contribution in [1.82, 2.24) is 14.7 Å². The van der Waals surface area contributed by atoms with Gasteiger partial charge in [-0.3, -0.25) is 9.69 Å². The Morgan fingerprint density at radius 1 is 1.40 bits per heavy atom. The first-order valence-electron chi connectivity index (χ1n) is 7.37. The fraction of sp³-hybridized carbons (Fsp3) is 0.188. The quantitative estimate of drug-likeness (QED) is 0.637. The molecule has 3 rings (SSSR count). The molecular formula is C16H15ClN4O2S2. The third-order valence-electron chi connectivity index (χ3n) is 3.28. The van der Waals surface area contributed by atoms with E-state index in [1.165, 1.54) is 11.3 Å². The summed E-state index contributed by atoms with van der Waals surface area (Å²) in [6.45, 7) is 0.498. The zero-order valence-electron chi connectivity index (χ0n) is 13.3. The molecular weight excluding hydrogens is 380 g/mol. The van der Waals surface area contributed by atoms with Gasteiger partial charge >= 0.3 is 0 Å². The highest BCUT2D eigenvalue weighted by atomic mass is 35.5. The molecule has 6 nitrogen and oxygen atoms in total. The lowest BCUT2D eigenvalue weighted by Gasteiger charge is -2.15. The summed E-state index contributed by atoms with van der Waals surface area (Å²) in [6.07, 6.45) is 0. The maximum atomic E-state index is 12.2. The van der Waals surface area contributed by atoms with Crippen molar-refractivity contribution in [3.8, 4) is 10.8 Å². The summed E-state index contributed by atoms with van der Waals surface area (Å²) in [5.41, 5.74) is 0.584. The van der Waals surface area contributed by atoms with Gasteiger partial charge in [-0.15, -0.1) is 16.4 Å². The number of halogens is 1. The molecule has 0 atom stereocenters. The molecule has 0 spiro atoms. The molecule has 130 valence electrons. The van der Waals surface area contributed by atoms with Gasteiger partial charge in [0.2, 0.25) is 5.91 Å². The Labute approximate surface area is 158 Å². The molecule has 0 fully saturated rings. The second-order valence-corrected chi connectivity index (χ2v) is 7.04. The van der Waals surface area contributed by atoms with Gasteiger partial charge in [-0.1, -0.05) is 29.8 Å². The van der Waals surface area contributed by atoms with Crippen molar-refractivity contribution in [1.29, 1.82) is 0 Å². The molecule has 0 saturated heterocycles. The summed E-state index contributed by atoms with van der Waals surface area (Å²) in [4.78, 5) is 15.1. The topological polar surface area (TPSA) is 63.3 Å². The van der Waals surface area contributed by atoms with Crippen molar-refractivity contribution in [3.05, 3.63) is 51.6 Å². The van der Waals surface area contributed by atoms with Crippen molar-refractivity contribution >= 4 is 46.8 Å². The van der Waals surface area contributed by atoms with Gasteiger partial charge in [0, 0.05) is 0 Å². The summed E-state index contributed by atoms with van der Waals surface area (Å²) in [6, 6.07) is 10.9. The zero-order chi connectivity index (χ0) is 17.8. The number of nitrogens with zero attached hydrogens (tertiary/aromatic N) is 3. The fourth-order valence-corrected chi connectivity index (χ4v) is 3.18. The Bertz CT molecular complexity index is 920. The highest BCUT2D eigenvalue weighted by Gasteiger charge is 2.13. The van der Waals surface area contributed by atoms with Crippen LogP contribution in [0.5, 0.6) is 0 Å². The van der Waals surface area contributed by atoms with Crippen LogP contribution in [0.4, 0.5) is 5.69 Å². The fourth-order valence-electron chi connectivity index (χ4n) is 2.17. The van der Waals surface area contributed by atoms with Crippen LogP contribution >= 0.6 is 35.2 Å². The van der Waals surface area contributed by atoms with Gasteiger partial charge in [0.25, 0.3) is 10.7 Å². The molecule has 0 radical (unpaired) electrons. The number of hydrogen-bond donors (Lipinski definition) is 1. The molecule has 2 aromatic heterocycles. The number of amides is 1. The highest BCUT2D eigenvalue weighted by Crippen LogP contribution is 2.23. The first-order valence-corrected chi connectivity index (χ1v) is 9.04. The maximum absolute atomic E-state index is 12.2. The average Bonchev–Trinajstić information content (AvgIpc) is 3.20. The second-order valence-electron chi connectivity index (χ2n) is 5.33. The number of thiophene rings is 1. The summed E-state index contributed by atoms with van der Waals surface area (Å²) < 4.78 is 7.06. The van der Waals surface area contributed by atoms with Gasteiger partial charge in [0.1, 0.15) is 0 Å². The van der Waals surface area contributed by atoms with E-state index in [1.807, 2.05) is 29.6 Å². The lowest BCUT2D eigenvalue weighted by molar-refractivity contribution is -0.117. The smallest absolute Gasteiger partial charge is 0.288 e. The monoisotopic (exact) mass is 394 g/mol. The van der Waals surface area contributed by atoms with Crippen molar-refractivity contribution < 1.29 is 9.21 Å². The Balaban J connectivity index is 1.61. The number of para-hydroxylation sites is 1. The third kappa shape index (κ3) is 4.55. The highest BCUT2D eigenvalue weighted by molar-refractivity contribution is 7.71. The number of anilines is 1. The van der Waals surface area contributed by atoms with Gasteiger partial charge in [-0.25, -0.2) is 4.68 Å². The molecule has 3 aromatic rings. The largest absolute Gasteiger partial charge is 0.408 e. The number of carbonyl (C=O) groups excluding carboxylic acids is 1. The Kier molecular flexibility index (Phi) is 5.64. The van der Waals surface area contributed by atoms with Crippen LogP contribution in [0.25, 0.3) is 10.8 Å². The molecule has 9 heteroatoms. The predicted molar refractivity (Wildman–Crippen MR) is 101 cm³/mol. The Morgan fingerprint density at radius 3 is 2.92 bits per heavy atom. The number of carbonyl (C=O) groups is 1. The maximum Gasteiger partial charge on any atom is 0.288 e. The molecule has 1 amide bonds. The molecule has 0 aliphatic rings. The molecule has 1 N–H and O–H groups in total. The van der Waals surface area contributed by atoms with Crippen LogP contribution in [0.3, 0.4) is 0 Å². The second kappa shape index (κ2) is 7.92. The summed E-state index contributed by atoms with van der Waals surface area (Å²) >= 11 is 12.8. The van der Waals surface area contributed by atoms with Gasteiger partial charge in [0.15, 0.2) is 0 Å². The van der Waals surface area contributed by atoms with E-state index in [0.717, 1.165) is 4.88 Å². The summed E-state index contributed by atoms with van der Waals surface area (Å²) in [7, 11) is 1.80. The van der Waals surface area contributed by atoms with Crippen LogP contribution in [0.2, 0.25) is 5.02 Å². The van der Waals surface area contributed by atoms with Crippen LogP contribution in [0.15, 0.2) is 46.2 Å². The van der Waals surface area contributed by atoms with E-state index in [-0.39, 0.29) is 17.3 Å². The molecule has 0 aliphatic carbocycles. The third-order valence-corrected chi connectivity index (χ3v) is 4.76. The zero-order valence-corrected chi connectivity index (χ0v) is 15.7. The van der Waals surface area contributed by atoms with Crippen LogP contribution in [0, 0.1) is 4.84 Å². The van der Waals surface area contributed by atoms with Crippen molar-refractivity contribution in [2.75, 3.05) is 18.9 Å². The van der Waals surface area contributed by atoms with Crippen molar-refractivity contribution in [3.63, 3.8) is 0 Å². The predicted octanol–water partition coefficient (Wildman–Crippen LogP) is 4.12. The minimum Gasteiger partial charge on any atom is -0.408 e. The molecule has 0 bridgehead atoms. The standard InChI is InChI=1S/C16H15ClN4O2S2/c1-20(9-14(22)18-12-6-3-2-5-11(12)17)10-21-16(24)23-15(19-21)13-7-4-8-25-13/h2-8H,9-10H2,1H3,(H,18,22). The van der Waals surface area contributed by atoms with E-state index >= 15 is 0 Å². The molecule has 1 aromatic carbocycles. The van der Waals surface area contributed by atoms with Crippen LogP contribution < -0.4 is 5.32 Å². The van der Waals surface area contributed by atoms with E-state index in [2.05, 4.69) is 10.4 Å². The van der Waals surface area contributed by atoms with Crippen LogP contribution in [-0.4, -0.2) is 34.2 Å². The Morgan fingerprint density at radius 2 is 2.20 bits per heavy atom. The summed E-state index contributed by atoms with van der Waals surface area (Å²) in [5.74, 6) is 0.304. The lowest BCUT2D eigenvalue weighted by atomic mass is 10.3. The SMILES string of the molecule is CN(CC(=O)Nc1ccccc1Cl)Cn1nc(-c2cccs2)oc1=S. The van der Waals surface area contributed by atoms with Crippen molar-refractivity contribution in [2.24, 2.45) is 0 Å². The van der Waals surface area contributed by atoms with E-state index in [1.54, 1.807) is 28.8 Å². The van der Waals surface area contributed by atoms with Gasteiger partial charge in [0.05, 0.1) is 28.8 Å². The first kappa shape index (κ1) is 17.8. The normalized spacial score (nSPS) is 11.0. The Hall–Kier alpha value is -2.00. The number of nitrogens with one attached hydrogen (secondary N) is 1. The minimum atomic E-state index is -0.177. The first-order chi connectivity index (χ1) is 12.0. The number of likely N-dealkylation sites (N-methyl/N-ethyl adjacent to an activating group) is 1. The molecule has 0 saturated carbocycles. The molecule has 0 unspecified atom stereocenters. The number of rotatable bonds is 6. The van der Waals surface area contributed by atoms with Crippen LogP contribution in [0.1, 0.15) is 0 Å².